The van der Waals surface area contributed by atoms with Crippen molar-refractivity contribution in [2.75, 3.05) is 27.9 Å². The Balaban J connectivity index is 2.02. The quantitative estimate of drug-likeness (QED) is 0.402. The zero-order valence-corrected chi connectivity index (χ0v) is 22.9. The Kier molecular flexibility index (Phi) is 7.65. The molecule has 1 aliphatic rings. The summed E-state index contributed by atoms with van der Waals surface area (Å²) in [7, 11) is 4.65. The van der Waals surface area contributed by atoms with Crippen molar-refractivity contribution in [1.82, 2.24) is 4.57 Å². The number of benzene rings is 2. The highest BCUT2D eigenvalue weighted by Crippen LogP contribution is 2.40. The van der Waals surface area contributed by atoms with Crippen LogP contribution in [-0.2, 0) is 9.53 Å². The average Bonchev–Trinajstić information content (AvgIpc) is 3.17. The van der Waals surface area contributed by atoms with Crippen LogP contribution in [0.25, 0.3) is 6.08 Å². The minimum atomic E-state index is -0.797. The Bertz CT molecular complexity index is 1540. The number of methoxy groups -OCH3 is 3. The van der Waals surface area contributed by atoms with Gasteiger partial charge in [-0.05, 0) is 43.7 Å². The van der Waals surface area contributed by atoms with Gasteiger partial charge >= 0.3 is 5.97 Å². The molecule has 0 bridgehead atoms. The van der Waals surface area contributed by atoms with Crippen LogP contribution >= 0.6 is 27.3 Å². The first-order valence-corrected chi connectivity index (χ1v) is 12.7. The Morgan fingerprint density at radius 1 is 1.11 bits per heavy atom. The van der Waals surface area contributed by atoms with Gasteiger partial charge in [-0.25, -0.2) is 9.79 Å². The number of aromatic nitrogens is 1. The summed E-state index contributed by atoms with van der Waals surface area (Å²) in [6.45, 7) is 3.66. The van der Waals surface area contributed by atoms with E-state index in [9.17, 15) is 9.59 Å². The van der Waals surface area contributed by atoms with Crippen molar-refractivity contribution >= 4 is 39.3 Å². The van der Waals surface area contributed by atoms with Gasteiger partial charge in [0.1, 0.15) is 5.75 Å². The van der Waals surface area contributed by atoms with Crippen LogP contribution in [0.15, 0.2) is 61.9 Å². The third-order valence-electron chi connectivity index (χ3n) is 5.74. The van der Waals surface area contributed by atoms with Gasteiger partial charge in [-0.3, -0.25) is 9.36 Å². The van der Waals surface area contributed by atoms with Crippen molar-refractivity contribution in [2.45, 2.75) is 19.9 Å². The number of ether oxygens (including phenoxy) is 4. The summed E-state index contributed by atoms with van der Waals surface area (Å²) in [5, 5.41) is 0. The van der Waals surface area contributed by atoms with Crippen molar-refractivity contribution in [2.24, 2.45) is 4.99 Å². The molecule has 0 unspecified atom stereocenters. The molecule has 188 valence electrons. The number of halogens is 1. The number of thiazole rings is 1. The first kappa shape index (κ1) is 25.7. The van der Waals surface area contributed by atoms with E-state index in [0.717, 1.165) is 5.56 Å². The Morgan fingerprint density at radius 3 is 2.44 bits per heavy atom. The molecule has 1 aliphatic heterocycles. The van der Waals surface area contributed by atoms with Gasteiger partial charge < -0.3 is 18.9 Å². The molecule has 3 aromatic rings. The fourth-order valence-electron chi connectivity index (χ4n) is 4.09. The minimum absolute atomic E-state index is 0.188. The van der Waals surface area contributed by atoms with Gasteiger partial charge in [0.2, 0.25) is 0 Å². The smallest absolute Gasteiger partial charge is 0.338 e. The summed E-state index contributed by atoms with van der Waals surface area (Å²) >= 11 is 4.84. The molecule has 8 nitrogen and oxygen atoms in total. The van der Waals surface area contributed by atoms with E-state index in [0.29, 0.717) is 42.3 Å². The maximum absolute atomic E-state index is 13.8. The molecule has 2 heterocycles. The van der Waals surface area contributed by atoms with Crippen LogP contribution in [0.2, 0.25) is 0 Å². The van der Waals surface area contributed by atoms with Crippen molar-refractivity contribution in [3.05, 3.63) is 83.0 Å². The maximum atomic E-state index is 13.8. The topological polar surface area (TPSA) is 88.4 Å². The normalized spacial score (nSPS) is 15.3. The summed E-state index contributed by atoms with van der Waals surface area (Å²) in [4.78, 5) is 32.0. The van der Waals surface area contributed by atoms with E-state index in [4.69, 9.17) is 18.9 Å². The molecule has 36 heavy (non-hydrogen) atoms. The van der Waals surface area contributed by atoms with Gasteiger partial charge in [0.05, 0.1) is 49.8 Å². The summed E-state index contributed by atoms with van der Waals surface area (Å²) in [6, 6.07) is 10.1. The number of hydrogen-bond donors (Lipinski definition) is 0. The number of esters is 1. The monoisotopic (exact) mass is 572 g/mol. The largest absolute Gasteiger partial charge is 0.496 e. The Morgan fingerprint density at radius 2 is 1.78 bits per heavy atom. The lowest BCUT2D eigenvalue weighted by molar-refractivity contribution is -0.139. The molecule has 2 aromatic carbocycles. The number of fused-ring (bicyclic) bond motifs is 1. The molecule has 0 amide bonds. The second kappa shape index (κ2) is 10.7. The second-order valence-corrected chi connectivity index (χ2v) is 9.64. The zero-order valence-electron chi connectivity index (χ0n) is 20.5. The summed E-state index contributed by atoms with van der Waals surface area (Å²) in [6.07, 6.45) is 1.77. The lowest BCUT2D eigenvalue weighted by atomic mass is 9.95. The highest BCUT2D eigenvalue weighted by atomic mass is 79.9. The van der Waals surface area contributed by atoms with Gasteiger partial charge in [-0.1, -0.05) is 45.5 Å². The van der Waals surface area contributed by atoms with E-state index in [1.807, 2.05) is 24.3 Å². The van der Waals surface area contributed by atoms with Crippen LogP contribution in [0.1, 0.15) is 31.0 Å². The van der Waals surface area contributed by atoms with Crippen LogP contribution in [-0.4, -0.2) is 38.5 Å². The van der Waals surface area contributed by atoms with E-state index >= 15 is 0 Å². The molecule has 10 heteroatoms. The molecule has 1 aromatic heterocycles. The van der Waals surface area contributed by atoms with Gasteiger partial charge in [-0.2, -0.15) is 0 Å². The van der Waals surface area contributed by atoms with Crippen LogP contribution in [0.5, 0.6) is 17.2 Å². The molecular weight excluding hydrogens is 548 g/mol. The first-order chi connectivity index (χ1) is 17.3. The molecule has 0 saturated carbocycles. The molecular formula is C26H25BrN2O6S. The van der Waals surface area contributed by atoms with Crippen molar-refractivity contribution in [1.29, 1.82) is 0 Å². The summed E-state index contributed by atoms with van der Waals surface area (Å²) in [5.41, 5.74) is 1.86. The summed E-state index contributed by atoms with van der Waals surface area (Å²) < 4.78 is 24.4. The lowest BCUT2D eigenvalue weighted by Crippen LogP contribution is -2.40. The Labute approximate surface area is 220 Å². The number of nitrogens with zero attached hydrogens (tertiary/aromatic N) is 2. The van der Waals surface area contributed by atoms with Crippen molar-refractivity contribution in [3.8, 4) is 17.2 Å². The predicted molar refractivity (Wildman–Crippen MR) is 141 cm³/mol. The molecule has 0 radical (unpaired) electrons. The molecule has 0 saturated heterocycles. The number of hydrogen-bond acceptors (Lipinski definition) is 8. The van der Waals surface area contributed by atoms with E-state index in [-0.39, 0.29) is 17.7 Å². The fourth-order valence-corrected chi connectivity index (χ4v) is 5.67. The van der Waals surface area contributed by atoms with Gasteiger partial charge in [0, 0.05) is 10.0 Å². The second-order valence-electron chi connectivity index (χ2n) is 7.77. The third kappa shape index (κ3) is 4.58. The van der Waals surface area contributed by atoms with Gasteiger partial charge in [0.15, 0.2) is 16.3 Å². The lowest BCUT2D eigenvalue weighted by Gasteiger charge is -2.26. The number of para-hydroxylation sites is 1. The SMILES string of the molecule is CCOC(=O)C1=C(C)N=c2s/c(=C/c3ccccc3OC)c(=O)n2[C@@H]1c1cc(OC)c(OC)cc1Br. The maximum Gasteiger partial charge on any atom is 0.338 e. The fraction of sp³-hybridized carbons (Fsp3) is 0.269. The highest BCUT2D eigenvalue weighted by Gasteiger charge is 2.35. The summed E-state index contributed by atoms with van der Waals surface area (Å²) in [5.74, 6) is 1.08. The number of carbonyl (C=O) groups is 1. The molecule has 0 spiro atoms. The zero-order chi connectivity index (χ0) is 26.0. The first-order valence-electron chi connectivity index (χ1n) is 11.1. The molecule has 0 N–H and O–H groups in total. The van der Waals surface area contributed by atoms with Crippen LogP contribution in [0.4, 0.5) is 0 Å². The van der Waals surface area contributed by atoms with Crippen LogP contribution < -0.4 is 29.1 Å². The molecule has 0 aliphatic carbocycles. The van der Waals surface area contributed by atoms with E-state index in [1.54, 1.807) is 46.3 Å². The third-order valence-corrected chi connectivity index (χ3v) is 7.41. The van der Waals surface area contributed by atoms with Gasteiger partial charge in [0.25, 0.3) is 5.56 Å². The molecule has 4 rings (SSSR count). The number of rotatable bonds is 7. The van der Waals surface area contributed by atoms with Gasteiger partial charge in [-0.15, -0.1) is 0 Å². The Hall–Kier alpha value is -3.37. The van der Waals surface area contributed by atoms with Crippen LogP contribution in [0, 0.1) is 0 Å². The van der Waals surface area contributed by atoms with E-state index in [1.165, 1.54) is 23.0 Å². The van der Waals surface area contributed by atoms with Crippen molar-refractivity contribution < 1.29 is 23.7 Å². The molecule has 0 fully saturated rings. The average molecular weight is 573 g/mol. The minimum Gasteiger partial charge on any atom is -0.496 e. The van der Waals surface area contributed by atoms with E-state index < -0.39 is 12.0 Å². The standard InChI is InChI=1S/C26H25BrN2O6S/c1-6-35-25(31)22-14(2)28-26-29(23(22)16-12-19(33-4)20(34-5)13-17(16)27)24(30)21(36-26)11-15-9-7-8-10-18(15)32-3/h7-13,23H,6H2,1-5H3/b21-11+/t23-/m1/s1. The van der Waals surface area contributed by atoms with Crippen molar-refractivity contribution in [3.63, 3.8) is 0 Å². The number of allylic oxidation sites excluding steroid dienone is 1. The van der Waals surface area contributed by atoms with Crippen LogP contribution in [0.3, 0.4) is 0 Å². The number of carbonyl (C=O) groups excluding carboxylic acids is 1. The molecule has 1 atom stereocenters. The predicted octanol–water partition coefficient (Wildman–Crippen LogP) is 3.59. The highest BCUT2D eigenvalue weighted by molar-refractivity contribution is 9.10. The van der Waals surface area contributed by atoms with E-state index in [2.05, 4.69) is 20.9 Å².